The van der Waals surface area contributed by atoms with Crippen LogP contribution in [0.15, 0.2) is 78.9 Å². The largest absolute Gasteiger partial charge is 0.485 e. The van der Waals surface area contributed by atoms with Crippen molar-refractivity contribution in [3.8, 4) is 11.5 Å². The number of nitrogens with zero attached hydrogens (tertiary/aromatic N) is 2. The molecule has 1 saturated heterocycles. The second-order valence-electron chi connectivity index (χ2n) is 7.81. The minimum atomic E-state index is -0.877. The van der Waals surface area contributed by atoms with Crippen LogP contribution in [-0.2, 0) is 6.61 Å². The number of benzene rings is 3. The molecule has 6 nitrogen and oxygen atoms in total. The summed E-state index contributed by atoms with van der Waals surface area (Å²) in [4.78, 5) is 14.8. The molecule has 2 bridgehead atoms. The van der Waals surface area contributed by atoms with Crippen molar-refractivity contribution in [2.24, 2.45) is 5.84 Å². The standard InChI is InChI=1S/C24H23N3O3/c1-24-15-20(27(25)23(28)26(24)18-11-6-3-7-12-18)19-13-8-14-21(22(19)30-24)29-16-17-9-4-2-5-10-17/h2-14,20H,15-16,25H2,1H3/t20-,24-/m1/s1. The van der Waals surface area contributed by atoms with Gasteiger partial charge in [-0.1, -0.05) is 60.7 Å². The number of para-hydroxylation sites is 2. The van der Waals surface area contributed by atoms with E-state index in [1.165, 1.54) is 5.01 Å². The van der Waals surface area contributed by atoms with Crippen molar-refractivity contribution >= 4 is 11.7 Å². The molecule has 0 aromatic heterocycles. The summed E-state index contributed by atoms with van der Waals surface area (Å²) in [6.07, 6.45) is 0.555. The van der Waals surface area contributed by atoms with Crippen molar-refractivity contribution < 1.29 is 14.3 Å². The van der Waals surface area contributed by atoms with Crippen LogP contribution < -0.4 is 20.2 Å². The lowest BCUT2D eigenvalue weighted by Gasteiger charge is -2.53. The third kappa shape index (κ3) is 2.97. The molecule has 2 N–H and O–H groups in total. The SMILES string of the molecule is C[C@]12C[C@H](c3cccc(OCc4ccccc4)c3O1)N(N)C(=O)N2c1ccccc1. The fourth-order valence-corrected chi connectivity index (χ4v) is 4.28. The average molecular weight is 401 g/mol. The van der Waals surface area contributed by atoms with Gasteiger partial charge in [-0.15, -0.1) is 0 Å². The molecule has 5 rings (SSSR count). The quantitative estimate of drug-likeness (QED) is 0.512. The molecule has 3 aromatic rings. The van der Waals surface area contributed by atoms with Crippen LogP contribution in [0.5, 0.6) is 11.5 Å². The zero-order valence-electron chi connectivity index (χ0n) is 16.7. The zero-order chi connectivity index (χ0) is 20.7. The number of rotatable bonds is 4. The first-order valence-electron chi connectivity index (χ1n) is 9.99. The van der Waals surface area contributed by atoms with E-state index in [9.17, 15) is 4.79 Å². The Morgan fingerprint density at radius 3 is 2.47 bits per heavy atom. The summed E-state index contributed by atoms with van der Waals surface area (Å²) in [5, 5.41) is 1.30. The molecule has 6 heteroatoms. The molecular formula is C24H23N3O3. The molecular weight excluding hydrogens is 378 g/mol. The van der Waals surface area contributed by atoms with Gasteiger partial charge in [-0.25, -0.2) is 10.6 Å². The van der Waals surface area contributed by atoms with E-state index in [2.05, 4.69) is 0 Å². The maximum absolute atomic E-state index is 13.2. The van der Waals surface area contributed by atoms with Crippen LogP contribution in [0.4, 0.5) is 10.5 Å². The Morgan fingerprint density at radius 1 is 1.03 bits per heavy atom. The molecule has 0 radical (unpaired) electrons. The molecule has 2 amide bonds. The van der Waals surface area contributed by atoms with E-state index in [1.807, 2.05) is 85.8 Å². The van der Waals surface area contributed by atoms with Gasteiger partial charge in [0.05, 0.1) is 6.04 Å². The van der Waals surface area contributed by atoms with Crippen LogP contribution in [0.2, 0.25) is 0 Å². The Morgan fingerprint density at radius 2 is 1.73 bits per heavy atom. The highest BCUT2D eigenvalue weighted by atomic mass is 16.5. The molecule has 2 aliphatic rings. The van der Waals surface area contributed by atoms with E-state index < -0.39 is 5.72 Å². The highest BCUT2D eigenvalue weighted by Crippen LogP contribution is 2.51. The van der Waals surface area contributed by atoms with E-state index in [0.29, 0.717) is 24.5 Å². The third-order valence-corrected chi connectivity index (χ3v) is 5.73. The second kappa shape index (κ2) is 7.07. The van der Waals surface area contributed by atoms with Crippen LogP contribution in [0.1, 0.15) is 30.5 Å². The van der Waals surface area contributed by atoms with Gasteiger partial charge in [0.1, 0.15) is 6.61 Å². The van der Waals surface area contributed by atoms with Crippen molar-refractivity contribution in [3.05, 3.63) is 90.0 Å². The molecule has 0 saturated carbocycles. The van der Waals surface area contributed by atoms with Gasteiger partial charge in [0.15, 0.2) is 17.2 Å². The van der Waals surface area contributed by atoms with Crippen molar-refractivity contribution in [1.29, 1.82) is 0 Å². The van der Waals surface area contributed by atoms with Crippen LogP contribution in [0.3, 0.4) is 0 Å². The van der Waals surface area contributed by atoms with Crippen molar-refractivity contribution in [2.45, 2.75) is 31.7 Å². The van der Waals surface area contributed by atoms with Crippen LogP contribution >= 0.6 is 0 Å². The van der Waals surface area contributed by atoms with Gasteiger partial charge in [-0.2, -0.15) is 0 Å². The summed E-state index contributed by atoms with van der Waals surface area (Å²) in [6, 6.07) is 24.6. The van der Waals surface area contributed by atoms with Crippen molar-refractivity contribution in [2.75, 3.05) is 4.90 Å². The highest BCUT2D eigenvalue weighted by molar-refractivity contribution is 5.94. The van der Waals surface area contributed by atoms with E-state index in [0.717, 1.165) is 16.8 Å². The van der Waals surface area contributed by atoms with E-state index in [1.54, 1.807) is 4.90 Å². The average Bonchev–Trinajstić information content (AvgIpc) is 2.77. The number of ether oxygens (including phenoxy) is 2. The molecule has 0 unspecified atom stereocenters. The number of hydrogen-bond donors (Lipinski definition) is 1. The molecule has 2 heterocycles. The number of fused-ring (bicyclic) bond motifs is 4. The predicted molar refractivity (Wildman–Crippen MR) is 114 cm³/mol. The topological polar surface area (TPSA) is 68.0 Å². The number of nitrogens with two attached hydrogens (primary N) is 1. The summed E-state index contributed by atoms with van der Waals surface area (Å²) >= 11 is 0. The fourth-order valence-electron chi connectivity index (χ4n) is 4.28. The molecule has 0 aliphatic carbocycles. The Kier molecular flexibility index (Phi) is 4.37. The fraction of sp³-hybridized carbons (Fsp3) is 0.208. The summed E-state index contributed by atoms with van der Waals surface area (Å²) in [6.45, 7) is 2.35. The minimum absolute atomic E-state index is 0.286. The predicted octanol–water partition coefficient (Wildman–Crippen LogP) is 4.62. The van der Waals surface area contributed by atoms with Crippen molar-refractivity contribution in [3.63, 3.8) is 0 Å². The number of amides is 2. The first kappa shape index (κ1) is 18.5. The molecule has 2 atom stereocenters. The lowest BCUT2D eigenvalue weighted by molar-refractivity contribution is -0.00303. The normalized spacial score (nSPS) is 22.3. The molecule has 30 heavy (non-hydrogen) atoms. The van der Waals surface area contributed by atoms with Crippen molar-refractivity contribution in [1.82, 2.24) is 5.01 Å². The maximum atomic E-state index is 13.2. The summed E-state index contributed by atoms with van der Waals surface area (Å²) in [5.74, 6) is 7.57. The smallest absolute Gasteiger partial charge is 0.342 e. The Labute approximate surface area is 175 Å². The number of hydrogen-bond acceptors (Lipinski definition) is 4. The molecule has 0 spiro atoms. The number of hydrazine groups is 1. The monoisotopic (exact) mass is 401 g/mol. The summed E-state index contributed by atoms with van der Waals surface area (Å²) < 4.78 is 12.6. The lowest BCUT2D eigenvalue weighted by Crippen LogP contribution is -2.67. The summed E-state index contributed by atoms with van der Waals surface area (Å²) in [5.41, 5.74) is 1.79. The number of carbonyl (C=O) groups excluding carboxylic acids is 1. The van der Waals surface area contributed by atoms with Crippen LogP contribution in [-0.4, -0.2) is 16.8 Å². The van der Waals surface area contributed by atoms with E-state index in [-0.39, 0.29) is 12.1 Å². The second-order valence-corrected chi connectivity index (χ2v) is 7.81. The molecule has 152 valence electrons. The van der Waals surface area contributed by atoms with Crippen LogP contribution in [0.25, 0.3) is 0 Å². The lowest BCUT2D eigenvalue weighted by atomic mass is 9.89. The van der Waals surface area contributed by atoms with Gasteiger partial charge in [0, 0.05) is 17.7 Å². The first-order valence-corrected chi connectivity index (χ1v) is 9.99. The van der Waals surface area contributed by atoms with Gasteiger partial charge in [-0.3, -0.25) is 9.91 Å². The van der Waals surface area contributed by atoms with Gasteiger partial charge in [0.25, 0.3) is 0 Å². The molecule has 1 fully saturated rings. The highest BCUT2D eigenvalue weighted by Gasteiger charge is 2.53. The first-order chi connectivity index (χ1) is 14.6. The molecule has 3 aromatic carbocycles. The Hall–Kier alpha value is -3.51. The Balaban J connectivity index is 1.53. The van der Waals surface area contributed by atoms with Gasteiger partial charge in [-0.05, 0) is 30.7 Å². The Bertz CT molecular complexity index is 1070. The van der Waals surface area contributed by atoms with E-state index in [4.69, 9.17) is 15.3 Å². The van der Waals surface area contributed by atoms with Gasteiger partial charge < -0.3 is 9.47 Å². The minimum Gasteiger partial charge on any atom is -0.485 e. The third-order valence-electron chi connectivity index (χ3n) is 5.73. The van der Waals surface area contributed by atoms with Gasteiger partial charge >= 0.3 is 6.03 Å². The number of carbonyl (C=O) groups is 1. The van der Waals surface area contributed by atoms with Gasteiger partial charge in [0.2, 0.25) is 0 Å². The number of anilines is 1. The summed E-state index contributed by atoms with van der Waals surface area (Å²) in [7, 11) is 0. The van der Waals surface area contributed by atoms with Crippen LogP contribution in [0, 0.1) is 0 Å². The maximum Gasteiger partial charge on any atom is 0.342 e. The zero-order valence-corrected chi connectivity index (χ0v) is 16.7. The number of urea groups is 1. The molecule has 2 aliphatic heterocycles. The van der Waals surface area contributed by atoms with E-state index >= 15 is 0 Å².